The van der Waals surface area contributed by atoms with Crippen LogP contribution in [0.3, 0.4) is 0 Å². The molecule has 0 spiro atoms. The van der Waals surface area contributed by atoms with Gasteiger partial charge in [0.05, 0.1) is 4.47 Å². The van der Waals surface area contributed by atoms with Crippen molar-refractivity contribution < 1.29 is 0 Å². The summed E-state index contributed by atoms with van der Waals surface area (Å²) in [5.41, 5.74) is 0.339. The van der Waals surface area contributed by atoms with Crippen LogP contribution in [0.2, 0.25) is 0 Å². The van der Waals surface area contributed by atoms with E-state index < -0.39 is 0 Å². The molecular formula is C13H20BrN3. The van der Waals surface area contributed by atoms with Crippen LogP contribution in [0.25, 0.3) is 0 Å². The largest absolute Gasteiger partial charge is 0.357 e. The third-order valence-corrected chi connectivity index (χ3v) is 4.48. The quantitative estimate of drug-likeness (QED) is 0.852. The number of rotatable bonds is 4. The summed E-state index contributed by atoms with van der Waals surface area (Å²) in [5.74, 6) is 1.03. The molecule has 1 heterocycles. The standard InChI is InChI=1S/C13H20BrN3/c1-16(2)13(7-5-8-13)10-17(3)12-11(14)6-4-9-15-12/h4,6,9H,5,7-8,10H2,1-3H3. The maximum Gasteiger partial charge on any atom is 0.142 e. The van der Waals surface area contributed by atoms with Crippen molar-refractivity contribution in [3.05, 3.63) is 22.8 Å². The maximum absolute atomic E-state index is 4.44. The van der Waals surface area contributed by atoms with Gasteiger partial charge in [-0.3, -0.25) is 0 Å². The first-order valence-corrected chi connectivity index (χ1v) is 6.83. The van der Waals surface area contributed by atoms with Gasteiger partial charge in [0, 0.05) is 25.3 Å². The van der Waals surface area contributed by atoms with Crippen molar-refractivity contribution in [3.63, 3.8) is 0 Å². The second-order valence-corrected chi connectivity index (χ2v) is 5.99. The first-order chi connectivity index (χ1) is 8.05. The molecule has 2 rings (SSSR count). The van der Waals surface area contributed by atoms with Crippen molar-refractivity contribution >= 4 is 21.7 Å². The normalized spacial score (nSPS) is 17.9. The topological polar surface area (TPSA) is 19.4 Å². The average Bonchev–Trinajstić information content (AvgIpc) is 2.23. The summed E-state index contributed by atoms with van der Waals surface area (Å²) in [6, 6.07) is 3.99. The molecule has 0 N–H and O–H groups in total. The molecule has 17 heavy (non-hydrogen) atoms. The fourth-order valence-corrected chi connectivity index (χ4v) is 3.06. The Bertz CT molecular complexity index is 388. The summed E-state index contributed by atoms with van der Waals surface area (Å²) in [7, 11) is 6.48. The van der Waals surface area contributed by atoms with Crippen molar-refractivity contribution in [2.75, 3.05) is 32.6 Å². The van der Waals surface area contributed by atoms with Crippen LogP contribution in [0.4, 0.5) is 5.82 Å². The Balaban J connectivity index is 2.11. The van der Waals surface area contributed by atoms with E-state index in [9.17, 15) is 0 Å². The maximum atomic E-state index is 4.44. The van der Waals surface area contributed by atoms with Crippen LogP contribution in [0.1, 0.15) is 19.3 Å². The van der Waals surface area contributed by atoms with E-state index >= 15 is 0 Å². The van der Waals surface area contributed by atoms with Gasteiger partial charge in [-0.15, -0.1) is 0 Å². The number of halogens is 1. The minimum absolute atomic E-state index is 0.339. The van der Waals surface area contributed by atoms with Crippen LogP contribution >= 0.6 is 15.9 Å². The molecule has 1 aromatic heterocycles. The molecule has 0 atom stereocenters. The van der Waals surface area contributed by atoms with Gasteiger partial charge in [0.1, 0.15) is 5.82 Å². The second kappa shape index (κ2) is 4.94. The van der Waals surface area contributed by atoms with Crippen LogP contribution in [0.15, 0.2) is 22.8 Å². The van der Waals surface area contributed by atoms with Crippen LogP contribution in [0, 0.1) is 0 Å². The number of pyridine rings is 1. The Hall–Kier alpha value is -0.610. The SMILES string of the molecule is CN(CC1(N(C)C)CCC1)c1ncccc1Br. The molecular weight excluding hydrogens is 278 g/mol. The lowest BCUT2D eigenvalue weighted by Gasteiger charge is -2.49. The van der Waals surface area contributed by atoms with E-state index in [0.29, 0.717) is 5.54 Å². The van der Waals surface area contributed by atoms with Gasteiger partial charge >= 0.3 is 0 Å². The Labute approximate surface area is 112 Å². The zero-order valence-electron chi connectivity index (χ0n) is 10.8. The molecule has 4 heteroatoms. The molecule has 0 unspecified atom stereocenters. The fraction of sp³-hybridized carbons (Fsp3) is 0.615. The van der Waals surface area contributed by atoms with Gasteiger partial charge in [-0.1, -0.05) is 0 Å². The van der Waals surface area contributed by atoms with E-state index in [2.05, 4.69) is 51.9 Å². The summed E-state index contributed by atoms with van der Waals surface area (Å²) in [6.07, 6.45) is 5.76. The lowest BCUT2D eigenvalue weighted by molar-refractivity contribution is 0.0681. The molecule has 94 valence electrons. The van der Waals surface area contributed by atoms with E-state index in [1.807, 2.05) is 18.3 Å². The minimum atomic E-state index is 0.339. The molecule has 1 aromatic rings. The van der Waals surface area contributed by atoms with Crippen molar-refractivity contribution in [2.45, 2.75) is 24.8 Å². The number of nitrogens with zero attached hydrogens (tertiary/aromatic N) is 3. The molecule has 0 radical (unpaired) electrons. The lowest BCUT2D eigenvalue weighted by Crippen LogP contribution is -2.56. The smallest absolute Gasteiger partial charge is 0.142 e. The number of anilines is 1. The molecule has 1 fully saturated rings. The van der Waals surface area contributed by atoms with Crippen molar-refractivity contribution in [1.29, 1.82) is 0 Å². The van der Waals surface area contributed by atoms with E-state index in [-0.39, 0.29) is 0 Å². The van der Waals surface area contributed by atoms with Gasteiger partial charge in [-0.25, -0.2) is 4.98 Å². The summed E-state index contributed by atoms with van der Waals surface area (Å²) in [5, 5.41) is 0. The predicted molar refractivity (Wildman–Crippen MR) is 75.5 cm³/mol. The van der Waals surface area contributed by atoms with E-state index in [0.717, 1.165) is 16.8 Å². The first-order valence-electron chi connectivity index (χ1n) is 6.04. The molecule has 0 bridgehead atoms. The van der Waals surface area contributed by atoms with Gasteiger partial charge in [-0.05, 0) is 61.4 Å². The van der Waals surface area contributed by atoms with E-state index in [1.54, 1.807) is 0 Å². The number of likely N-dealkylation sites (N-methyl/N-ethyl adjacent to an activating group) is 2. The highest BCUT2D eigenvalue weighted by molar-refractivity contribution is 9.10. The molecule has 3 nitrogen and oxygen atoms in total. The highest BCUT2D eigenvalue weighted by atomic mass is 79.9. The monoisotopic (exact) mass is 297 g/mol. The van der Waals surface area contributed by atoms with Crippen molar-refractivity contribution in [3.8, 4) is 0 Å². The molecule has 1 saturated carbocycles. The lowest BCUT2D eigenvalue weighted by atomic mass is 9.75. The number of aromatic nitrogens is 1. The van der Waals surface area contributed by atoms with Crippen molar-refractivity contribution in [1.82, 2.24) is 9.88 Å². The molecule has 0 saturated heterocycles. The molecule has 0 aromatic carbocycles. The first kappa shape index (κ1) is 12.8. The summed E-state index contributed by atoms with van der Waals surface area (Å²) >= 11 is 3.56. The Morgan fingerprint density at radius 1 is 1.35 bits per heavy atom. The van der Waals surface area contributed by atoms with Gasteiger partial charge in [0.2, 0.25) is 0 Å². The number of hydrogen-bond acceptors (Lipinski definition) is 3. The third kappa shape index (κ3) is 2.47. The third-order valence-electron chi connectivity index (χ3n) is 3.87. The predicted octanol–water partition coefficient (Wildman–Crippen LogP) is 2.76. The van der Waals surface area contributed by atoms with Crippen LogP contribution in [-0.4, -0.2) is 43.1 Å². The molecule has 1 aliphatic carbocycles. The highest BCUT2D eigenvalue weighted by Gasteiger charge is 2.40. The Morgan fingerprint density at radius 3 is 2.53 bits per heavy atom. The van der Waals surface area contributed by atoms with Gasteiger partial charge in [-0.2, -0.15) is 0 Å². The molecule has 0 amide bonds. The highest BCUT2D eigenvalue weighted by Crippen LogP contribution is 2.37. The van der Waals surface area contributed by atoms with E-state index in [4.69, 9.17) is 0 Å². The minimum Gasteiger partial charge on any atom is -0.357 e. The molecule has 0 aliphatic heterocycles. The van der Waals surface area contributed by atoms with Crippen LogP contribution in [0.5, 0.6) is 0 Å². The summed E-state index contributed by atoms with van der Waals surface area (Å²) < 4.78 is 1.07. The Kier molecular flexibility index (Phi) is 3.73. The summed E-state index contributed by atoms with van der Waals surface area (Å²) in [4.78, 5) is 9.06. The van der Waals surface area contributed by atoms with Crippen LogP contribution in [-0.2, 0) is 0 Å². The second-order valence-electron chi connectivity index (χ2n) is 5.14. The summed E-state index contributed by atoms with van der Waals surface area (Å²) in [6.45, 7) is 1.04. The van der Waals surface area contributed by atoms with E-state index in [1.165, 1.54) is 19.3 Å². The number of hydrogen-bond donors (Lipinski definition) is 0. The van der Waals surface area contributed by atoms with Gasteiger partial charge in [0.25, 0.3) is 0 Å². The zero-order valence-corrected chi connectivity index (χ0v) is 12.4. The molecule has 1 aliphatic rings. The van der Waals surface area contributed by atoms with Crippen LogP contribution < -0.4 is 4.90 Å². The van der Waals surface area contributed by atoms with Crippen molar-refractivity contribution in [2.24, 2.45) is 0 Å². The van der Waals surface area contributed by atoms with Gasteiger partial charge < -0.3 is 9.80 Å². The van der Waals surface area contributed by atoms with Gasteiger partial charge in [0.15, 0.2) is 0 Å². The zero-order chi connectivity index (χ0) is 12.5. The Morgan fingerprint density at radius 2 is 2.06 bits per heavy atom. The fourth-order valence-electron chi connectivity index (χ4n) is 2.51. The average molecular weight is 298 g/mol.